The number of ether oxygens (including phenoxy) is 2. The molecule has 7 nitrogen and oxygen atoms in total. The molecule has 1 amide bonds. The third kappa shape index (κ3) is 9.40. The van der Waals surface area contributed by atoms with Gasteiger partial charge in [-0.15, -0.1) is 0 Å². The van der Waals surface area contributed by atoms with E-state index in [1.165, 1.54) is 6.07 Å². The number of allylic oxidation sites excluding steroid dienone is 2. The molecule has 0 heterocycles. The maximum atomic E-state index is 14.4. The predicted molar refractivity (Wildman–Crippen MR) is 203 cm³/mol. The number of rotatable bonds is 10. The molecule has 4 aliphatic carbocycles. The Bertz CT molecular complexity index is 1630. The zero-order valence-electron chi connectivity index (χ0n) is 32.6. The van der Waals surface area contributed by atoms with Gasteiger partial charge in [0.2, 0.25) is 0 Å². The molecule has 7 unspecified atom stereocenters. The highest BCUT2D eigenvalue weighted by molar-refractivity contribution is 6.10. The summed E-state index contributed by atoms with van der Waals surface area (Å²) in [5.41, 5.74) is 0.906. The van der Waals surface area contributed by atoms with Crippen LogP contribution in [0.25, 0.3) is 0 Å². The number of benzene rings is 2. The molecular formula is C44H61F2NO6. The number of carbonyl (C=O) groups excluding carboxylic acids is 2. The van der Waals surface area contributed by atoms with Gasteiger partial charge in [-0.25, -0.2) is 13.6 Å². The third-order valence-electron chi connectivity index (χ3n) is 12.8. The van der Waals surface area contributed by atoms with Crippen LogP contribution in [-0.2, 0) is 15.9 Å². The molecule has 2 N–H and O–H groups in total. The lowest BCUT2D eigenvalue weighted by Gasteiger charge is -2.46. The van der Waals surface area contributed by atoms with Crippen LogP contribution in [0.2, 0.25) is 0 Å². The first-order valence-corrected chi connectivity index (χ1v) is 19.8. The molecule has 9 heteroatoms. The Morgan fingerprint density at radius 1 is 1.04 bits per heavy atom. The van der Waals surface area contributed by atoms with Crippen LogP contribution in [0.3, 0.4) is 0 Å². The van der Waals surface area contributed by atoms with Gasteiger partial charge in [0, 0.05) is 36.8 Å². The lowest BCUT2D eigenvalue weighted by Crippen LogP contribution is -2.54. The highest BCUT2D eigenvalue weighted by atomic mass is 19.2. The van der Waals surface area contributed by atoms with Crippen molar-refractivity contribution in [2.24, 2.45) is 23.2 Å². The SMILES string of the molecule is COCCCN(CC1(O)CCC2c3ccc(cc3C(=O)c3ccc(F)c(F)c3)CC(O)CCC(C)=CCCC21C)C(=O)OC1CC(C)CCC1C(C)C. The predicted octanol–water partition coefficient (Wildman–Crippen LogP) is 9.17. The topological polar surface area (TPSA) is 96.3 Å². The molecule has 2 aromatic carbocycles. The normalized spacial score (nSPS) is 29.3. The van der Waals surface area contributed by atoms with E-state index in [-0.39, 0.29) is 30.0 Å². The van der Waals surface area contributed by atoms with E-state index >= 15 is 0 Å². The molecule has 2 bridgehead atoms. The minimum Gasteiger partial charge on any atom is -0.446 e. The molecule has 2 saturated carbocycles. The van der Waals surface area contributed by atoms with Gasteiger partial charge in [-0.05, 0) is 130 Å². The highest BCUT2D eigenvalue weighted by Crippen LogP contribution is 2.59. The lowest BCUT2D eigenvalue weighted by atomic mass is 9.64. The summed E-state index contributed by atoms with van der Waals surface area (Å²) in [6, 6.07) is 8.81. The Morgan fingerprint density at radius 2 is 1.81 bits per heavy atom. The van der Waals surface area contributed by atoms with Gasteiger partial charge in [-0.1, -0.05) is 57.9 Å². The molecule has 0 radical (unpaired) electrons. The van der Waals surface area contributed by atoms with Crippen molar-refractivity contribution in [2.45, 2.75) is 129 Å². The molecule has 0 saturated heterocycles. The van der Waals surface area contributed by atoms with Crippen molar-refractivity contribution in [1.82, 2.24) is 4.90 Å². The maximum absolute atomic E-state index is 14.4. The first-order valence-electron chi connectivity index (χ1n) is 19.8. The fraction of sp³-hybridized carbons (Fsp3) is 0.636. The standard InChI is InChI=1S/C44H61F2NO6/c1-28(2)34-15-11-30(4)23-40(34)53-42(50)47(21-8-22-52-6)27-44(51)20-18-37-35-16-12-31(24-33(48)14-10-29(3)9-7-19-43(37,44)5)25-36(35)41(49)32-13-17-38(45)39(46)26-32/h9,12-13,16-17,25-26,28,30,33-34,37,40,48,51H,7-8,10-11,14-15,18-24,27H2,1-6H3. The van der Waals surface area contributed by atoms with Crippen LogP contribution in [0, 0.1) is 34.8 Å². The van der Waals surface area contributed by atoms with Gasteiger partial charge in [-0.2, -0.15) is 0 Å². The molecule has 4 aliphatic rings. The van der Waals surface area contributed by atoms with Crippen LogP contribution in [0.4, 0.5) is 13.6 Å². The Labute approximate surface area is 315 Å². The number of nitrogens with zero attached hydrogens (tertiary/aromatic N) is 1. The smallest absolute Gasteiger partial charge is 0.410 e. The minimum atomic E-state index is -1.34. The van der Waals surface area contributed by atoms with Gasteiger partial charge in [-0.3, -0.25) is 4.79 Å². The summed E-state index contributed by atoms with van der Waals surface area (Å²) >= 11 is 0. The second-order valence-corrected chi connectivity index (χ2v) is 16.9. The van der Waals surface area contributed by atoms with Crippen LogP contribution in [-0.4, -0.2) is 71.6 Å². The van der Waals surface area contributed by atoms with Crippen LogP contribution in [0.1, 0.15) is 132 Å². The summed E-state index contributed by atoms with van der Waals surface area (Å²) in [7, 11) is 1.63. The summed E-state index contributed by atoms with van der Waals surface area (Å²) in [4.78, 5) is 30.1. The molecule has 292 valence electrons. The van der Waals surface area contributed by atoms with Crippen molar-refractivity contribution in [3.05, 3.63) is 81.9 Å². The number of halogens is 2. The summed E-state index contributed by atoms with van der Waals surface area (Å²) in [6.07, 6.45) is 8.25. The fourth-order valence-electron chi connectivity index (χ4n) is 9.39. The Morgan fingerprint density at radius 3 is 2.53 bits per heavy atom. The van der Waals surface area contributed by atoms with Crippen molar-refractivity contribution in [2.75, 3.05) is 26.8 Å². The highest BCUT2D eigenvalue weighted by Gasteiger charge is 2.58. The lowest BCUT2D eigenvalue weighted by molar-refractivity contribution is -0.0868. The van der Waals surface area contributed by atoms with Crippen molar-refractivity contribution in [3.8, 4) is 0 Å². The first kappa shape index (κ1) is 41.0. The van der Waals surface area contributed by atoms with E-state index in [4.69, 9.17) is 9.47 Å². The molecule has 0 aliphatic heterocycles. The number of amides is 1. The molecule has 6 rings (SSSR count). The van der Waals surface area contributed by atoms with Crippen LogP contribution >= 0.6 is 0 Å². The second-order valence-electron chi connectivity index (χ2n) is 16.9. The summed E-state index contributed by atoms with van der Waals surface area (Å²) < 4.78 is 40.1. The summed E-state index contributed by atoms with van der Waals surface area (Å²) in [6.45, 7) is 11.6. The molecule has 0 spiro atoms. The number of ketones is 1. The van der Waals surface area contributed by atoms with E-state index in [9.17, 15) is 28.6 Å². The Hall–Kier alpha value is -3.14. The van der Waals surface area contributed by atoms with E-state index in [2.05, 4.69) is 40.7 Å². The van der Waals surface area contributed by atoms with Gasteiger partial charge in [0.05, 0.1) is 18.2 Å². The molecule has 7 atom stereocenters. The maximum Gasteiger partial charge on any atom is 0.410 e. The average Bonchev–Trinajstić information content (AvgIpc) is 3.36. The van der Waals surface area contributed by atoms with E-state index < -0.39 is 40.6 Å². The molecule has 0 aromatic heterocycles. The zero-order valence-corrected chi connectivity index (χ0v) is 32.6. The molecule has 53 heavy (non-hydrogen) atoms. The molecular weight excluding hydrogens is 676 g/mol. The van der Waals surface area contributed by atoms with E-state index in [1.54, 1.807) is 18.1 Å². The summed E-state index contributed by atoms with van der Waals surface area (Å²) in [5, 5.41) is 23.9. The Balaban J connectivity index is 1.54. The van der Waals surface area contributed by atoms with Crippen molar-refractivity contribution in [1.29, 1.82) is 0 Å². The van der Waals surface area contributed by atoms with Crippen LogP contribution in [0.15, 0.2) is 48.0 Å². The largest absolute Gasteiger partial charge is 0.446 e. The molecule has 2 fully saturated rings. The van der Waals surface area contributed by atoms with Gasteiger partial charge in [0.25, 0.3) is 0 Å². The van der Waals surface area contributed by atoms with Gasteiger partial charge < -0.3 is 24.6 Å². The number of hydrogen-bond acceptors (Lipinski definition) is 6. The van der Waals surface area contributed by atoms with Gasteiger partial charge in [0.15, 0.2) is 17.4 Å². The van der Waals surface area contributed by atoms with Crippen molar-refractivity contribution >= 4 is 11.9 Å². The second kappa shape index (κ2) is 17.5. The van der Waals surface area contributed by atoms with Gasteiger partial charge in [0.1, 0.15) is 6.10 Å². The van der Waals surface area contributed by atoms with Crippen LogP contribution in [0.5, 0.6) is 0 Å². The van der Waals surface area contributed by atoms with E-state index in [0.29, 0.717) is 81.9 Å². The average molecular weight is 738 g/mol. The van der Waals surface area contributed by atoms with Gasteiger partial charge >= 0.3 is 6.09 Å². The van der Waals surface area contributed by atoms with Crippen molar-refractivity contribution < 1.29 is 38.1 Å². The quantitative estimate of drug-likeness (QED) is 0.144. The summed E-state index contributed by atoms with van der Waals surface area (Å²) in [5.74, 6) is -1.76. The third-order valence-corrected chi connectivity index (χ3v) is 12.8. The Kier molecular flexibility index (Phi) is 13.6. The van der Waals surface area contributed by atoms with E-state index in [0.717, 1.165) is 48.1 Å². The van der Waals surface area contributed by atoms with E-state index in [1.807, 2.05) is 12.1 Å². The number of aliphatic hydroxyl groups is 2. The van der Waals surface area contributed by atoms with Crippen LogP contribution < -0.4 is 0 Å². The number of carbonyl (C=O) groups is 2. The number of hydrogen-bond donors (Lipinski definition) is 2. The number of methoxy groups -OCH3 is 1. The minimum absolute atomic E-state index is 0.0290. The zero-order chi connectivity index (χ0) is 38.5. The monoisotopic (exact) mass is 737 g/mol. The number of aliphatic hydroxyl groups excluding tert-OH is 1. The first-order chi connectivity index (χ1) is 25.2. The number of fused-ring (bicyclic) bond motifs is 8. The van der Waals surface area contributed by atoms with Crippen molar-refractivity contribution in [3.63, 3.8) is 0 Å². The fourth-order valence-corrected chi connectivity index (χ4v) is 9.39. The molecule has 2 aromatic rings.